The molecule has 3 aliphatic rings. The normalized spacial score (nSPS) is 20.8. The molecular weight excluding hydrogens is 657 g/mol. The highest BCUT2D eigenvalue weighted by atomic mass is 32.2. The van der Waals surface area contributed by atoms with Gasteiger partial charge in [0.1, 0.15) is 11.4 Å². The van der Waals surface area contributed by atoms with Gasteiger partial charge < -0.3 is 23.7 Å². The van der Waals surface area contributed by atoms with Crippen molar-refractivity contribution in [3.05, 3.63) is 53.1 Å². The van der Waals surface area contributed by atoms with Crippen LogP contribution in [0.15, 0.2) is 36.4 Å². The Morgan fingerprint density at radius 3 is 2.36 bits per heavy atom. The van der Waals surface area contributed by atoms with Crippen LogP contribution in [0.5, 0.6) is 5.75 Å². The minimum Gasteiger partial charge on any atom is -0.497 e. The Morgan fingerprint density at radius 2 is 1.72 bits per heavy atom. The number of likely N-dealkylation sites (N-methyl/N-ethyl adjacent to an activating group) is 2. The minimum absolute atomic E-state index is 0.0185. The van der Waals surface area contributed by atoms with E-state index >= 15 is 0 Å². The third-order valence-corrected chi connectivity index (χ3v) is 12.0. The molecule has 0 spiro atoms. The van der Waals surface area contributed by atoms with E-state index < -0.39 is 21.2 Å². The number of amides is 1. The zero-order valence-electron chi connectivity index (χ0n) is 30.3. The van der Waals surface area contributed by atoms with E-state index in [0.717, 1.165) is 63.5 Å². The molecule has 2 atom stereocenters. The number of aromatic nitrogens is 1. The number of hydrogen-bond acceptors (Lipinski definition) is 7. The molecule has 0 radical (unpaired) electrons. The summed E-state index contributed by atoms with van der Waals surface area (Å²) in [6.07, 6.45) is 7.40. The number of carbonyl (C=O) groups excluding carboxylic acids is 2. The lowest BCUT2D eigenvalue weighted by molar-refractivity contribution is -0.150. The second-order valence-electron chi connectivity index (χ2n) is 15.3. The molecule has 2 N–H and O–H groups in total. The SMILES string of the molecule is COc1ccc2c(c1)[C@H]1CC[C@@]1(C(=O)N(C)CCOCCN(C)S(N)(=O)=O)Cn1c-2c(C2CCCCC2)c2ccc(C(=O)OC(C)(C)C)cc21. The molecule has 2 aliphatic carbocycles. The maximum atomic E-state index is 14.7. The van der Waals surface area contributed by atoms with Crippen molar-refractivity contribution >= 4 is 33.0 Å². The summed E-state index contributed by atoms with van der Waals surface area (Å²) in [5, 5.41) is 6.31. The molecule has 1 aliphatic heterocycles. The maximum absolute atomic E-state index is 14.7. The molecule has 2 aromatic carbocycles. The zero-order chi connectivity index (χ0) is 36.0. The number of rotatable bonds is 11. The van der Waals surface area contributed by atoms with E-state index in [2.05, 4.69) is 22.8 Å². The predicted octanol–water partition coefficient (Wildman–Crippen LogP) is 5.81. The van der Waals surface area contributed by atoms with Gasteiger partial charge in [0.25, 0.3) is 10.2 Å². The van der Waals surface area contributed by atoms with Crippen LogP contribution in [0.2, 0.25) is 0 Å². The van der Waals surface area contributed by atoms with Gasteiger partial charge in [0.2, 0.25) is 5.91 Å². The highest BCUT2D eigenvalue weighted by Crippen LogP contribution is 2.61. The van der Waals surface area contributed by atoms with Gasteiger partial charge in [0, 0.05) is 56.1 Å². The average Bonchev–Trinajstić information content (AvgIpc) is 3.34. The molecule has 2 fully saturated rings. The molecule has 1 amide bonds. The number of carbonyl (C=O) groups is 2. The number of methoxy groups -OCH3 is 1. The molecular formula is C38H52N4O7S. The number of benzene rings is 2. The Morgan fingerprint density at radius 1 is 1.00 bits per heavy atom. The largest absolute Gasteiger partial charge is 0.497 e. The predicted molar refractivity (Wildman–Crippen MR) is 194 cm³/mol. The molecule has 0 bridgehead atoms. The third-order valence-electron chi connectivity index (χ3n) is 11.0. The Balaban J connectivity index is 1.42. The van der Waals surface area contributed by atoms with Gasteiger partial charge in [-0.05, 0) is 93.8 Å². The van der Waals surface area contributed by atoms with Crippen LogP contribution in [-0.4, -0.2) is 87.2 Å². The van der Waals surface area contributed by atoms with Crippen LogP contribution < -0.4 is 9.88 Å². The Bertz CT molecular complexity index is 1880. The quantitative estimate of drug-likeness (QED) is 0.196. The molecule has 0 saturated heterocycles. The summed E-state index contributed by atoms with van der Waals surface area (Å²) in [4.78, 5) is 29.9. The van der Waals surface area contributed by atoms with Crippen LogP contribution >= 0.6 is 0 Å². The van der Waals surface area contributed by atoms with Crippen LogP contribution in [0, 0.1) is 5.41 Å². The van der Waals surface area contributed by atoms with E-state index in [0.29, 0.717) is 24.6 Å². The topological polar surface area (TPSA) is 133 Å². The first-order chi connectivity index (χ1) is 23.6. The summed E-state index contributed by atoms with van der Waals surface area (Å²) in [6, 6.07) is 12.2. The van der Waals surface area contributed by atoms with Crippen LogP contribution in [0.1, 0.15) is 99.0 Å². The highest BCUT2D eigenvalue weighted by Gasteiger charge is 2.57. The molecule has 272 valence electrons. The summed E-state index contributed by atoms with van der Waals surface area (Å²) < 4.78 is 43.7. The fourth-order valence-electron chi connectivity index (χ4n) is 8.26. The van der Waals surface area contributed by atoms with Gasteiger partial charge in [-0.1, -0.05) is 25.3 Å². The van der Waals surface area contributed by atoms with E-state index in [-0.39, 0.29) is 37.6 Å². The summed E-state index contributed by atoms with van der Waals surface area (Å²) in [6.45, 7) is 6.99. The van der Waals surface area contributed by atoms with Crippen LogP contribution in [0.25, 0.3) is 22.2 Å². The summed E-state index contributed by atoms with van der Waals surface area (Å²) in [7, 11) is 1.10. The zero-order valence-corrected chi connectivity index (χ0v) is 31.1. The monoisotopic (exact) mass is 708 g/mol. The van der Waals surface area contributed by atoms with E-state index in [1.807, 2.05) is 46.0 Å². The third kappa shape index (κ3) is 6.91. The number of nitrogens with two attached hydrogens (primary N) is 1. The van der Waals surface area contributed by atoms with E-state index in [1.54, 1.807) is 12.0 Å². The lowest BCUT2D eigenvalue weighted by Crippen LogP contribution is -2.53. The second kappa shape index (κ2) is 13.9. The van der Waals surface area contributed by atoms with Gasteiger partial charge in [-0.3, -0.25) is 4.79 Å². The van der Waals surface area contributed by atoms with E-state index in [4.69, 9.17) is 19.3 Å². The van der Waals surface area contributed by atoms with Gasteiger partial charge >= 0.3 is 5.97 Å². The molecule has 3 aromatic rings. The van der Waals surface area contributed by atoms with Crippen LogP contribution in [0.3, 0.4) is 0 Å². The van der Waals surface area contributed by atoms with Crippen LogP contribution in [-0.2, 0) is 31.0 Å². The standard InChI is InChI=1S/C38H52N4O7S/c1-37(2,3)49-35(43)26-12-14-29-32(22-26)42-24-38(36(44)40(4)18-20-48-21-19-41(5)50(39,45)46)17-16-31(38)30-23-27(47-6)13-15-28(30)34(42)33(29)25-10-8-7-9-11-25/h12-15,22-23,25,31H,7-11,16-21,24H2,1-6H3,(H2,39,45,46)/t31-,38-/m1/s1. The van der Waals surface area contributed by atoms with Crippen LogP contribution in [0.4, 0.5) is 0 Å². The minimum atomic E-state index is -3.78. The Labute approximate surface area is 296 Å². The maximum Gasteiger partial charge on any atom is 0.338 e. The highest BCUT2D eigenvalue weighted by molar-refractivity contribution is 7.86. The van der Waals surface area contributed by atoms with Crippen molar-refractivity contribution < 1.29 is 32.2 Å². The van der Waals surface area contributed by atoms with Crippen molar-refractivity contribution in [2.75, 3.05) is 47.5 Å². The van der Waals surface area contributed by atoms with Gasteiger partial charge in [0.05, 0.1) is 37.0 Å². The average molecular weight is 709 g/mol. The van der Waals surface area contributed by atoms with Crippen molar-refractivity contribution in [2.45, 2.75) is 89.7 Å². The molecule has 1 aromatic heterocycles. The summed E-state index contributed by atoms with van der Waals surface area (Å²) in [5.41, 5.74) is 4.83. The fourth-order valence-corrected chi connectivity index (χ4v) is 8.59. The van der Waals surface area contributed by atoms with Crippen molar-refractivity contribution in [2.24, 2.45) is 10.6 Å². The first-order valence-corrected chi connectivity index (χ1v) is 19.3. The summed E-state index contributed by atoms with van der Waals surface area (Å²) >= 11 is 0. The lowest BCUT2D eigenvalue weighted by Gasteiger charge is -2.49. The van der Waals surface area contributed by atoms with Crippen molar-refractivity contribution in [3.8, 4) is 17.0 Å². The summed E-state index contributed by atoms with van der Waals surface area (Å²) in [5.74, 6) is 0.801. The first kappa shape index (κ1) is 36.3. The van der Waals surface area contributed by atoms with Gasteiger partial charge in [-0.15, -0.1) is 0 Å². The number of esters is 1. The number of nitrogens with zero attached hydrogens (tertiary/aromatic N) is 3. The Hall–Kier alpha value is -3.45. The van der Waals surface area contributed by atoms with Gasteiger partial charge in [-0.2, -0.15) is 12.7 Å². The van der Waals surface area contributed by atoms with E-state index in [9.17, 15) is 18.0 Å². The number of fused-ring (bicyclic) bond motifs is 7. The Kier molecular flexibility index (Phi) is 10.1. The van der Waals surface area contributed by atoms with Gasteiger partial charge in [-0.25, -0.2) is 9.93 Å². The van der Waals surface area contributed by atoms with Crippen molar-refractivity contribution in [3.63, 3.8) is 0 Å². The van der Waals surface area contributed by atoms with E-state index in [1.165, 1.54) is 31.9 Å². The molecule has 12 heteroatoms. The molecule has 6 rings (SSSR count). The lowest BCUT2D eigenvalue weighted by atomic mass is 9.56. The number of hydrogen-bond donors (Lipinski definition) is 1. The van der Waals surface area contributed by atoms with Crippen molar-refractivity contribution in [1.82, 2.24) is 13.8 Å². The molecule has 0 unspecified atom stereocenters. The molecule has 2 saturated carbocycles. The first-order valence-electron chi connectivity index (χ1n) is 17.8. The molecule has 11 nitrogen and oxygen atoms in total. The van der Waals surface area contributed by atoms with Gasteiger partial charge in [0.15, 0.2) is 0 Å². The fraction of sp³-hybridized carbons (Fsp3) is 0.579. The second-order valence-corrected chi connectivity index (χ2v) is 17.0. The van der Waals surface area contributed by atoms with Crippen molar-refractivity contribution in [1.29, 1.82) is 0 Å². The smallest absolute Gasteiger partial charge is 0.338 e. The molecule has 2 heterocycles. The molecule has 50 heavy (non-hydrogen) atoms. The number of ether oxygens (including phenoxy) is 3.